The van der Waals surface area contributed by atoms with Gasteiger partial charge in [-0.05, 0) is 24.6 Å². The summed E-state index contributed by atoms with van der Waals surface area (Å²) in [6.45, 7) is 1.88. The number of rotatable bonds is 0. The number of anilines is 1. The summed E-state index contributed by atoms with van der Waals surface area (Å²) in [6, 6.07) is 8.12. The molecule has 3 heteroatoms. The summed E-state index contributed by atoms with van der Waals surface area (Å²) in [6.07, 6.45) is 0.949. The molecule has 78 valence electrons. The molecule has 1 fully saturated rings. The molecule has 0 bridgehead atoms. The second-order valence-corrected chi connectivity index (χ2v) is 4.28. The van der Waals surface area contributed by atoms with Gasteiger partial charge in [0, 0.05) is 24.1 Å². The Balaban J connectivity index is 2.06. The molecule has 2 heterocycles. The Morgan fingerprint density at radius 3 is 3.00 bits per heavy atom. The zero-order valence-electron chi connectivity index (χ0n) is 8.49. The lowest BCUT2D eigenvalue weighted by Crippen LogP contribution is -2.43. The highest BCUT2D eigenvalue weighted by Crippen LogP contribution is 2.38. The van der Waals surface area contributed by atoms with Gasteiger partial charge >= 0.3 is 0 Å². The smallest absolute Gasteiger partial charge is 0.228 e. The maximum Gasteiger partial charge on any atom is 0.228 e. The third-order valence-corrected chi connectivity index (χ3v) is 3.44. The predicted octanol–water partition coefficient (Wildman–Crippen LogP) is 1.33. The molecule has 2 N–H and O–H groups in total. The number of nitrogens with one attached hydrogen (secondary N) is 2. The number of carbonyl (C=O) groups excluding carboxylic acids is 1. The van der Waals surface area contributed by atoms with Gasteiger partial charge in [-0.15, -0.1) is 0 Å². The standard InChI is InChI=1S/C12H14N2O/c15-12-9-5-6-13-7-10(9)8-3-1-2-4-11(8)14-12/h1-4,9-10,13H,5-7H2,(H,14,15)/t9-,10+/m0/s1. The van der Waals surface area contributed by atoms with Crippen LogP contribution in [0.3, 0.4) is 0 Å². The van der Waals surface area contributed by atoms with E-state index in [4.69, 9.17) is 0 Å². The van der Waals surface area contributed by atoms with Crippen LogP contribution < -0.4 is 10.6 Å². The van der Waals surface area contributed by atoms with E-state index in [9.17, 15) is 4.79 Å². The number of hydrogen-bond donors (Lipinski definition) is 2. The number of benzene rings is 1. The number of para-hydroxylation sites is 1. The third-order valence-electron chi connectivity index (χ3n) is 3.44. The van der Waals surface area contributed by atoms with Gasteiger partial charge in [-0.3, -0.25) is 4.79 Å². The molecule has 1 amide bonds. The lowest BCUT2D eigenvalue weighted by atomic mass is 9.78. The van der Waals surface area contributed by atoms with Crippen LogP contribution in [0, 0.1) is 5.92 Å². The van der Waals surface area contributed by atoms with Crippen LogP contribution in [0.2, 0.25) is 0 Å². The minimum atomic E-state index is 0.168. The average Bonchev–Trinajstić information content (AvgIpc) is 2.30. The van der Waals surface area contributed by atoms with E-state index in [1.165, 1.54) is 5.56 Å². The Labute approximate surface area is 88.9 Å². The van der Waals surface area contributed by atoms with Crippen molar-refractivity contribution in [1.29, 1.82) is 0 Å². The van der Waals surface area contributed by atoms with Crippen molar-refractivity contribution in [3.63, 3.8) is 0 Å². The zero-order chi connectivity index (χ0) is 10.3. The molecule has 0 radical (unpaired) electrons. The molecule has 3 rings (SSSR count). The number of hydrogen-bond acceptors (Lipinski definition) is 2. The number of carbonyl (C=O) groups is 1. The Kier molecular flexibility index (Phi) is 1.99. The van der Waals surface area contributed by atoms with E-state index in [-0.39, 0.29) is 11.8 Å². The highest BCUT2D eigenvalue weighted by atomic mass is 16.2. The summed E-state index contributed by atoms with van der Waals surface area (Å²) in [5.41, 5.74) is 2.28. The Bertz CT molecular complexity index is 402. The maximum atomic E-state index is 11.9. The zero-order valence-corrected chi connectivity index (χ0v) is 8.49. The van der Waals surface area contributed by atoms with Crippen LogP contribution in [0.5, 0.6) is 0 Å². The van der Waals surface area contributed by atoms with Crippen molar-refractivity contribution >= 4 is 11.6 Å². The van der Waals surface area contributed by atoms with Crippen molar-refractivity contribution in [2.75, 3.05) is 18.4 Å². The lowest BCUT2D eigenvalue weighted by Gasteiger charge is -2.36. The van der Waals surface area contributed by atoms with Gasteiger partial charge in [0.25, 0.3) is 0 Å². The Morgan fingerprint density at radius 2 is 2.07 bits per heavy atom. The molecule has 0 spiro atoms. The van der Waals surface area contributed by atoms with Gasteiger partial charge in [0.1, 0.15) is 0 Å². The SMILES string of the molecule is O=C1Nc2ccccc2[C@H]2CNCC[C@H]12. The normalized spacial score (nSPS) is 28.9. The largest absolute Gasteiger partial charge is 0.326 e. The van der Waals surface area contributed by atoms with Crippen molar-refractivity contribution < 1.29 is 4.79 Å². The molecule has 15 heavy (non-hydrogen) atoms. The molecule has 0 aromatic heterocycles. The molecule has 1 saturated heterocycles. The van der Waals surface area contributed by atoms with E-state index in [0.717, 1.165) is 25.2 Å². The van der Waals surface area contributed by atoms with E-state index in [0.29, 0.717) is 5.92 Å². The molecule has 2 atom stereocenters. The first-order valence-corrected chi connectivity index (χ1v) is 5.47. The molecule has 1 aromatic carbocycles. The van der Waals surface area contributed by atoms with Gasteiger partial charge < -0.3 is 10.6 Å². The van der Waals surface area contributed by atoms with Crippen molar-refractivity contribution in [3.8, 4) is 0 Å². The fourth-order valence-electron chi connectivity index (χ4n) is 2.66. The predicted molar refractivity (Wildman–Crippen MR) is 58.8 cm³/mol. The van der Waals surface area contributed by atoms with Crippen LogP contribution in [0.4, 0.5) is 5.69 Å². The van der Waals surface area contributed by atoms with E-state index >= 15 is 0 Å². The van der Waals surface area contributed by atoms with Crippen LogP contribution in [0.1, 0.15) is 17.9 Å². The second kappa shape index (κ2) is 3.35. The summed E-state index contributed by atoms with van der Waals surface area (Å²) in [4.78, 5) is 11.9. The van der Waals surface area contributed by atoms with E-state index < -0.39 is 0 Å². The van der Waals surface area contributed by atoms with Gasteiger partial charge in [0.15, 0.2) is 0 Å². The first-order valence-electron chi connectivity index (χ1n) is 5.47. The van der Waals surface area contributed by atoms with Gasteiger partial charge in [-0.25, -0.2) is 0 Å². The summed E-state index contributed by atoms with van der Waals surface area (Å²) in [7, 11) is 0. The molecule has 0 unspecified atom stereocenters. The van der Waals surface area contributed by atoms with Crippen LogP contribution >= 0.6 is 0 Å². The average molecular weight is 202 g/mol. The molecule has 3 nitrogen and oxygen atoms in total. The number of amides is 1. The van der Waals surface area contributed by atoms with Crippen molar-refractivity contribution in [1.82, 2.24) is 5.32 Å². The second-order valence-electron chi connectivity index (χ2n) is 4.28. The lowest BCUT2D eigenvalue weighted by molar-refractivity contribution is -0.121. The van der Waals surface area contributed by atoms with E-state index in [1.807, 2.05) is 18.2 Å². The van der Waals surface area contributed by atoms with Crippen molar-refractivity contribution in [3.05, 3.63) is 29.8 Å². The monoisotopic (exact) mass is 202 g/mol. The van der Waals surface area contributed by atoms with Crippen LogP contribution in [-0.2, 0) is 4.79 Å². The van der Waals surface area contributed by atoms with Crippen LogP contribution in [-0.4, -0.2) is 19.0 Å². The Hall–Kier alpha value is -1.35. The van der Waals surface area contributed by atoms with E-state index in [2.05, 4.69) is 16.7 Å². The fourth-order valence-corrected chi connectivity index (χ4v) is 2.66. The highest BCUT2D eigenvalue weighted by molar-refractivity contribution is 5.96. The highest BCUT2D eigenvalue weighted by Gasteiger charge is 2.36. The van der Waals surface area contributed by atoms with Crippen LogP contribution in [0.15, 0.2) is 24.3 Å². The molecule has 2 aliphatic heterocycles. The number of fused-ring (bicyclic) bond motifs is 3. The summed E-state index contributed by atoms with van der Waals surface area (Å²) in [5.74, 6) is 0.727. The maximum absolute atomic E-state index is 11.9. The molecular weight excluding hydrogens is 188 g/mol. The van der Waals surface area contributed by atoms with Gasteiger partial charge in [0.2, 0.25) is 5.91 Å². The molecular formula is C12H14N2O. The Morgan fingerprint density at radius 1 is 1.20 bits per heavy atom. The van der Waals surface area contributed by atoms with Crippen LogP contribution in [0.25, 0.3) is 0 Å². The summed E-state index contributed by atoms with van der Waals surface area (Å²) in [5, 5.41) is 6.36. The van der Waals surface area contributed by atoms with Gasteiger partial charge in [-0.2, -0.15) is 0 Å². The fraction of sp³-hybridized carbons (Fsp3) is 0.417. The third kappa shape index (κ3) is 1.35. The van der Waals surface area contributed by atoms with Crippen molar-refractivity contribution in [2.24, 2.45) is 5.92 Å². The molecule has 0 saturated carbocycles. The van der Waals surface area contributed by atoms with Crippen molar-refractivity contribution in [2.45, 2.75) is 12.3 Å². The first-order chi connectivity index (χ1) is 7.36. The topological polar surface area (TPSA) is 41.1 Å². The molecule has 2 aliphatic rings. The van der Waals surface area contributed by atoms with E-state index in [1.54, 1.807) is 0 Å². The van der Waals surface area contributed by atoms with Gasteiger partial charge in [-0.1, -0.05) is 18.2 Å². The minimum absolute atomic E-state index is 0.168. The molecule has 0 aliphatic carbocycles. The summed E-state index contributed by atoms with van der Waals surface area (Å²) < 4.78 is 0. The molecule has 1 aromatic rings. The quantitative estimate of drug-likeness (QED) is 0.666. The first kappa shape index (κ1) is 8.92. The van der Waals surface area contributed by atoms with Gasteiger partial charge in [0.05, 0.1) is 0 Å². The summed E-state index contributed by atoms with van der Waals surface area (Å²) >= 11 is 0. The number of piperidine rings is 1. The minimum Gasteiger partial charge on any atom is -0.326 e.